The summed E-state index contributed by atoms with van der Waals surface area (Å²) in [6.45, 7) is 1.68. The number of nitriles is 1. The highest BCUT2D eigenvalue weighted by atomic mass is 19.1. The van der Waals surface area contributed by atoms with Gasteiger partial charge in [-0.1, -0.05) is 0 Å². The molecule has 0 fully saturated rings. The van der Waals surface area contributed by atoms with Gasteiger partial charge in [-0.3, -0.25) is 4.79 Å². The minimum absolute atomic E-state index is 0.0836. The minimum Gasteiger partial charge on any atom is -0.464 e. The van der Waals surface area contributed by atoms with Crippen LogP contribution in [0.1, 0.15) is 22.8 Å². The van der Waals surface area contributed by atoms with Crippen molar-refractivity contribution in [1.82, 2.24) is 0 Å². The molecular formula is C13H10FNO3. The number of hydrogen-bond donors (Lipinski definition) is 0. The Morgan fingerprint density at radius 2 is 2.33 bits per heavy atom. The number of fused-ring (bicyclic) bond motifs is 1. The number of carbonyl (C=O) groups is 2. The molecule has 1 aromatic rings. The fourth-order valence-corrected chi connectivity index (χ4v) is 2.08. The maximum absolute atomic E-state index is 13.1. The van der Waals surface area contributed by atoms with E-state index in [-0.39, 0.29) is 18.6 Å². The zero-order valence-electron chi connectivity index (χ0n) is 9.70. The van der Waals surface area contributed by atoms with Gasteiger partial charge >= 0.3 is 5.97 Å². The number of ether oxygens (including phenoxy) is 1. The highest BCUT2D eigenvalue weighted by Gasteiger charge is 2.53. The van der Waals surface area contributed by atoms with Crippen molar-refractivity contribution < 1.29 is 18.7 Å². The third-order valence-electron chi connectivity index (χ3n) is 2.97. The average Bonchev–Trinajstić information content (AvgIpc) is 2.63. The van der Waals surface area contributed by atoms with Crippen molar-refractivity contribution in [1.29, 1.82) is 5.26 Å². The fourth-order valence-electron chi connectivity index (χ4n) is 2.08. The summed E-state index contributed by atoms with van der Waals surface area (Å²) in [7, 11) is 0. The topological polar surface area (TPSA) is 67.2 Å². The van der Waals surface area contributed by atoms with E-state index in [2.05, 4.69) is 0 Å². The van der Waals surface area contributed by atoms with Gasteiger partial charge in [0.1, 0.15) is 5.82 Å². The van der Waals surface area contributed by atoms with Crippen LogP contribution in [0.25, 0.3) is 0 Å². The number of benzene rings is 1. The number of carbonyl (C=O) groups excluding carboxylic acids is 2. The molecule has 1 unspecified atom stereocenters. The highest BCUT2D eigenvalue weighted by Crippen LogP contribution is 2.37. The molecule has 4 nitrogen and oxygen atoms in total. The monoisotopic (exact) mass is 247 g/mol. The summed E-state index contributed by atoms with van der Waals surface area (Å²) < 4.78 is 17.9. The molecule has 2 rings (SSSR count). The van der Waals surface area contributed by atoms with Gasteiger partial charge in [0.25, 0.3) is 0 Å². The molecule has 0 N–H and O–H groups in total. The van der Waals surface area contributed by atoms with Crippen LogP contribution in [0, 0.1) is 22.6 Å². The Hall–Kier alpha value is -2.22. The van der Waals surface area contributed by atoms with E-state index in [9.17, 15) is 14.0 Å². The number of halogens is 1. The molecule has 0 bridgehead atoms. The largest absolute Gasteiger partial charge is 0.464 e. The molecule has 18 heavy (non-hydrogen) atoms. The third-order valence-corrected chi connectivity index (χ3v) is 2.97. The molecule has 92 valence electrons. The molecule has 0 spiro atoms. The Labute approximate surface area is 103 Å². The second-order valence-corrected chi connectivity index (χ2v) is 4.04. The second-order valence-electron chi connectivity index (χ2n) is 4.04. The van der Waals surface area contributed by atoms with Crippen LogP contribution in [0.2, 0.25) is 0 Å². The lowest BCUT2D eigenvalue weighted by Gasteiger charge is -2.15. The van der Waals surface area contributed by atoms with E-state index in [1.54, 1.807) is 13.0 Å². The molecule has 0 heterocycles. The van der Waals surface area contributed by atoms with Crippen molar-refractivity contribution in [3.63, 3.8) is 0 Å². The van der Waals surface area contributed by atoms with Crippen LogP contribution in [0.4, 0.5) is 4.39 Å². The second kappa shape index (κ2) is 4.22. The van der Waals surface area contributed by atoms with Crippen LogP contribution in [0.15, 0.2) is 18.2 Å². The first kappa shape index (κ1) is 12.2. The Bertz CT molecular complexity index is 576. The summed E-state index contributed by atoms with van der Waals surface area (Å²) in [5, 5.41) is 9.16. The predicted octanol–water partition coefficient (Wildman–Crippen LogP) is 1.64. The fraction of sp³-hybridized carbons (Fsp3) is 0.308. The van der Waals surface area contributed by atoms with Crippen molar-refractivity contribution >= 4 is 11.8 Å². The lowest BCUT2D eigenvalue weighted by atomic mass is 9.85. The summed E-state index contributed by atoms with van der Waals surface area (Å²) in [6.07, 6.45) is -0.131. The molecule has 0 radical (unpaired) electrons. The first-order valence-electron chi connectivity index (χ1n) is 5.47. The normalized spacial score (nSPS) is 21.3. The van der Waals surface area contributed by atoms with Crippen molar-refractivity contribution in [2.24, 2.45) is 5.41 Å². The number of Topliss-reactive ketones (excluding diaryl/α,β-unsaturated/α-hetero) is 1. The number of ketones is 1. The summed E-state index contributed by atoms with van der Waals surface area (Å²) in [6, 6.07) is 5.34. The lowest BCUT2D eigenvalue weighted by Crippen LogP contribution is -2.37. The van der Waals surface area contributed by atoms with Gasteiger partial charge in [0.2, 0.25) is 5.41 Å². The first-order chi connectivity index (χ1) is 8.55. The number of esters is 1. The van der Waals surface area contributed by atoms with Crippen LogP contribution in [-0.4, -0.2) is 18.4 Å². The molecule has 1 aliphatic rings. The first-order valence-corrected chi connectivity index (χ1v) is 5.47. The average molecular weight is 247 g/mol. The molecule has 0 amide bonds. The van der Waals surface area contributed by atoms with Gasteiger partial charge in [-0.15, -0.1) is 0 Å². The smallest absolute Gasteiger partial charge is 0.334 e. The molecule has 0 aliphatic heterocycles. The summed E-state index contributed by atoms with van der Waals surface area (Å²) in [5.41, 5.74) is -1.27. The van der Waals surface area contributed by atoms with E-state index in [0.717, 1.165) is 6.07 Å². The molecular weight excluding hydrogens is 237 g/mol. The maximum atomic E-state index is 13.1. The van der Waals surface area contributed by atoms with E-state index < -0.39 is 23.0 Å². The molecule has 5 heteroatoms. The summed E-state index contributed by atoms with van der Waals surface area (Å²) in [4.78, 5) is 23.9. The van der Waals surface area contributed by atoms with Gasteiger partial charge < -0.3 is 4.74 Å². The summed E-state index contributed by atoms with van der Waals surface area (Å²) in [5.74, 6) is -1.98. The number of rotatable bonds is 2. The Morgan fingerprint density at radius 3 is 2.94 bits per heavy atom. The Morgan fingerprint density at radius 1 is 1.61 bits per heavy atom. The zero-order valence-corrected chi connectivity index (χ0v) is 9.70. The Balaban J connectivity index is 2.48. The Kier molecular flexibility index (Phi) is 2.87. The van der Waals surface area contributed by atoms with Crippen LogP contribution in [-0.2, 0) is 16.0 Å². The molecule has 1 aromatic carbocycles. The predicted molar refractivity (Wildman–Crippen MR) is 59.1 cm³/mol. The lowest BCUT2D eigenvalue weighted by molar-refractivity contribution is -0.149. The van der Waals surface area contributed by atoms with Gasteiger partial charge in [-0.2, -0.15) is 5.26 Å². The van der Waals surface area contributed by atoms with Gasteiger partial charge in [0.05, 0.1) is 12.7 Å². The van der Waals surface area contributed by atoms with Crippen LogP contribution >= 0.6 is 0 Å². The zero-order chi connectivity index (χ0) is 13.3. The molecule has 0 saturated heterocycles. The van der Waals surface area contributed by atoms with Crippen LogP contribution < -0.4 is 0 Å². The maximum Gasteiger partial charge on any atom is 0.334 e. The van der Waals surface area contributed by atoms with Crippen LogP contribution in [0.3, 0.4) is 0 Å². The van der Waals surface area contributed by atoms with Gasteiger partial charge in [0.15, 0.2) is 5.78 Å². The van der Waals surface area contributed by atoms with Gasteiger partial charge in [-0.05, 0) is 30.7 Å². The standard InChI is InChI=1S/C13H10FNO3/c1-2-18-12(17)13(7-15)6-8-5-9(14)3-4-10(8)11(13)16/h3-5H,2,6H2,1H3. The van der Waals surface area contributed by atoms with Crippen LogP contribution in [0.5, 0.6) is 0 Å². The van der Waals surface area contributed by atoms with Crippen molar-refractivity contribution in [2.45, 2.75) is 13.3 Å². The van der Waals surface area contributed by atoms with Crippen molar-refractivity contribution in [3.8, 4) is 6.07 Å². The summed E-state index contributed by atoms with van der Waals surface area (Å²) >= 11 is 0. The minimum atomic E-state index is -1.86. The van der Waals surface area contributed by atoms with E-state index in [1.807, 2.05) is 0 Å². The third kappa shape index (κ3) is 1.58. The van der Waals surface area contributed by atoms with Gasteiger partial charge in [-0.25, -0.2) is 9.18 Å². The van der Waals surface area contributed by atoms with E-state index >= 15 is 0 Å². The molecule has 1 aliphatic carbocycles. The quantitative estimate of drug-likeness (QED) is 0.588. The van der Waals surface area contributed by atoms with Gasteiger partial charge in [0, 0.05) is 12.0 Å². The highest BCUT2D eigenvalue weighted by molar-refractivity contribution is 6.18. The van der Waals surface area contributed by atoms with E-state index in [4.69, 9.17) is 10.00 Å². The number of hydrogen-bond acceptors (Lipinski definition) is 4. The van der Waals surface area contributed by atoms with E-state index in [1.165, 1.54) is 12.1 Å². The van der Waals surface area contributed by atoms with Crippen molar-refractivity contribution in [2.75, 3.05) is 6.61 Å². The van der Waals surface area contributed by atoms with E-state index in [0.29, 0.717) is 5.56 Å². The molecule has 1 atom stereocenters. The number of nitrogens with zero attached hydrogens (tertiary/aromatic N) is 1. The molecule has 0 aromatic heterocycles. The van der Waals surface area contributed by atoms with Crippen molar-refractivity contribution in [3.05, 3.63) is 35.1 Å². The molecule has 0 saturated carbocycles. The SMILES string of the molecule is CCOC(=O)C1(C#N)Cc2cc(F)ccc2C1=O.